The van der Waals surface area contributed by atoms with E-state index in [0.717, 1.165) is 57.2 Å². The zero-order valence-electron chi connectivity index (χ0n) is 25.1. The highest BCUT2D eigenvalue weighted by atomic mass is 16.5. The maximum Gasteiger partial charge on any atom is 0.338 e. The van der Waals surface area contributed by atoms with E-state index in [1.807, 2.05) is 85.8 Å². The summed E-state index contributed by atoms with van der Waals surface area (Å²) in [5, 5.41) is 17.6. The van der Waals surface area contributed by atoms with Crippen LogP contribution in [-0.2, 0) is 17.8 Å². The Morgan fingerprint density at radius 3 is 1.77 bits per heavy atom. The van der Waals surface area contributed by atoms with Gasteiger partial charge in [0.15, 0.2) is 0 Å². The first kappa shape index (κ1) is 30.0. The first-order chi connectivity index (χ1) is 21.5. The number of hydrogen-bond donors (Lipinski definition) is 0. The van der Waals surface area contributed by atoms with Crippen LogP contribution < -0.4 is 4.74 Å². The third-order valence-electron chi connectivity index (χ3n) is 7.00. The molecule has 0 aromatic heterocycles. The molecule has 7 nitrogen and oxygen atoms in total. The average molecular weight is 583 g/mol. The highest BCUT2D eigenvalue weighted by molar-refractivity contribution is 5.90. The Morgan fingerprint density at radius 1 is 0.614 bits per heavy atom. The number of esters is 1. The first-order valence-corrected chi connectivity index (χ1v) is 14.6. The lowest BCUT2D eigenvalue weighted by Gasteiger charge is -2.07. The summed E-state index contributed by atoms with van der Waals surface area (Å²) in [6.45, 7) is 6.79. The van der Waals surface area contributed by atoms with Gasteiger partial charge in [-0.15, -0.1) is 0 Å². The molecule has 0 saturated carbocycles. The summed E-state index contributed by atoms with van der Waals surface area (Å²) in [6, 6.07) is 36.9. The number of azo groups is 2. The Kier molecular flexibility index (Phi) is 10.0. The molecule has 7 heteroatoms. The molecule has 220 valence electrons. The molecule has 0 aliphatic heterocycles. The zero-order valence-corrected chi connectivity index (χ0v) is 25.1. The van der Waals surface area contributed by atoms with E-state index in [0.29, 0.717) is 18.8 Å². The minimum Gasteiger partial charge on any atom is -0.489 e. The van der Waals surface area contributed by atoms with Crippen LogP contribution in [0.2, 0.25) is 0 Å². The second-order valence-electron chi connectivity index (χ2n) is 10.2. The number of aryl methyl sites for hydroxylation is 2. The molecule has 0 saturated heterocycles. The molecule has 0 fully saturated rings. The van der Waals surface area contributed by atoms with Crippen LogP contribution in [0.4, 0.5) is 22.7 Å². The van der Waals surface area contributed by atoms with E-state index in [4.69, 9.17) is 9.47 Å². The van der Waals surface area contributed by atoms with Crippen molar-refractivity contribution in [1.82, 2.24) is 0 Å². The average Bonchev–Trinajstić information content (AvgIpc) is 3.07. The fourth-order valence-corrected chi connectivity index (χ4v) is 4.42. The molecule has 0 aliphatic rings. The Balaban J connectivity index is 1.15. The van der Waals surface area contributed by atoms with Crippen molar-refractivity contribution >= 4 is 28.7 Å². The molecule has 0 radical (unpaired) electrons. The second-order valence-corrected chi connectivity index (χ2v) is 10.2. The molecular formula is C37H34N4O3. The Bertz CT molecular complexity index is 1740. The number of benzene rings is 5. The predicted octanol–water partition coefficient (Wildman–Crippen LogP) is 10.8. The van der Waals surface area contributed by atoms with Gasteiger partial charge >= 0.3 is 5.97 Å². The van der Waals surface area contributed by atoms with Gasteiger partial charge in [0, 0.05) is 0 Å². The SMILES string of the molecule is CCOC(=O)c1ccc(-c2ccc(N=Nc3ccc(N=Nc4ccc(OCc5ccc(CC)cc5)cc4)cc3C)cc2)cc1. The molecule has 0 spiro atoms. The van der Waals surface area contributed by atoms with Crippen LogP contribution >= 0.6 is 0 Å². The molecule has 0 N–H and O–H groups in total. The Hall–Kier alpha value is -5.43. The van der Waals surface area contributed by atoms with Crippen LogP contribution in [0, 0.1) is 6.92 Å². The maximum absolute atomic E-state index is 11.9. The summed E-state index contributed by atoms with van der Waals surface area (Å²) in [4.78, 5) is 11.9. The third-order valence-corrected chi connectivity index (χ3v) is 7.00. The molecule has 44 heavy (non-hydrogen) atoms. The number of rotatable bonds is 11. The van der Waals surface area contributed by atoms with Gasteiger partial charge in [0.05, 0.1) is 34.9 Å². The van der Waals surface area contributed by atoms with Crippen LogP contribution in [-0.4, -0.2) is 12.6 Å². The lowest BCUT2D eigenvalue weighted by molar-refractivity contribution is 0.0526. The lowest BCUT2D eigenvalue weighted by Crippen LogP contribution is -2.03. The fraction of sp³-hybridized carbons (Fsp3) is 0.162. The van der Waals surface area contributed by atoms with Gasteiger partial charge in [0.1, 0.15) is 12.4 Å². The minimum absolute atomic E-state index is 0.318. The van der Waals surface area contributed by atoms with E-state index in [1.54, 1.807) is 19.1 Å². The van der Waals surface area contributed by atoms with Crippen molar-refractivity contribution in [3.8, 4) is 16.9 Å². The smallest absolute Gasteiger partial charge is 0.338 e. The summed E-state index contributed by atoms with van der Waals surface area (Å²) in [7, 11) is 0. The van der Waals surface area contributed by atoms with E-state index in [-0.39, 0.29) is 5.97 Å². The summed E-state index contributed by atoms with van der Waals surface area (Å²) in [5.41, 5.74) is 8.92. The van der Waals surface area contributed by atoms with Gasteiger partial charge in [-0.25, -0.2) is 4.79 Å². The maximum atomic E-state index is 11.9. The molecular weight excluding hydrogens is 548 g/mol. The van der Waals surface area contributed by atoms with Crippen LogP contribution in [0.1, 0.15) is 40.9 Å². The van der Waals surface area contributed by atoms with E-state index >= 15 is 0 Å². The van der Waals surface area contributed by atoms with Crippen molar-refractivity contribution in [1.29, 1.82) is 0 Å². The summed E-state index contributed by atoms with van der Waals surface area (Å²) in [5.74, 6) is 0.468. The van der Waals surface area contributed by atoms with Crippen LogP contribution in [0.3, 0.4) is 0 Å². The summed E-state index contributed by atoms with van der Waals surface area (Å²) < 4.78 is 11.0. The van der Waals surface area contributed by atoms with Crippen molar-refractivity contribution in [2.45, 2.75) is 33.8 Å². The molecule has 0 aliphatic carbocycles. The number of hydrogen-bond acceptors (Lipinski definition) is 7. The van der Waals surface area contributed by atoms with Gasteiger partial charge in [-0.1, -0.05) is 55.5 Å². The zero-order chi connectivity index (χ0) is 30.7. The van der Waals surface area contributed by atoms with Gasteiger partial charge in [-0.3, -0.25) is 0 Å². The van der Waals surface area contributed by atoms with E-state index in [2.05, 4.69) is 51.6 Å². The first-order valence-electron chi connectivity index (χ1n) is 14.6. The van der Waals surface area contributed by atoms with Crippen LogP contribution in [0.15, 0.2) is 136 Å². The molecule has 5 rings (SSSR count). The normalized spacial score (nSPS) is 11.2. The number of ether oxygens (including phenoxy) is 2. The van der Waals surface area contributed by atoms with Crippen molar-refractivity contribution in [3.05, 3.63) is 138 Å². The van der Waals surface area contributed by atoms with Crippen molar-refractivity contribution < 1.29 is 14.3 Å². The highest BCUT2D eigenvalue weighted by Gasteiger charge is 2.07. The molecule has 0 atom stereocenters. The van der Waals surface area contributed by atoms with Gasteiger partial charge in [-0.05, 0) is 115 Å². The minimum atomic E-state index is -0.318. The lowest BCUT2D eigenvalue weighted by atomic mass is 10.0. The predicted molar refractivity (Wildman–Crippen MR) is 174 cm³/mol. The van der Waals surface area contributed by atoms with Crippen molar-refractivity contribution in [2.24, 2.45) is 20.5 Å². The molecule has 0 unspecified atom stereocenters. The second kappa shape index (κ2) is 14.6. The standard InChI is InChI=1S/C37H34N4O3/c1-4-27-6-8-28(9-7-27)25-44-35-21-18-33(19-22-35)38-40-34-20-23-36(26(3)24-34)41-39-32-16-14-30(15-17-32)29-10-12-31(13-11-29)37(42)43-5-2/h6-24H,4-5,25H2,1-3H3. The number of nitrogens with zero attached hydrogens (tertiary/aromatic N) is 4. The van der Waals surface area contributed by atoms with Gasteiger partial charge in [-0.2, -0.15) is 20.5 Å². The van der Waals surface area contributed by atoms with E-state index < -0.39 is 0 Å². The van der Waals surface area contributed by atoms with Gasteiger partial charge in [0.2, 0.25) is 0 Å². The Morgan fingerprint density at radius 2 is 1.16 bits per heavy atom. The number of carbonyl (C=O) groups is 1. The molecule has 5 aromatic carbocycles. The number of carbonyl (C=O) groups excluding carboxylic acids is 1. The molecule has 0 amide bonds. The third kappa shape index (κ3) is 8.10. The van der Waals surface area contributed by atoms with Crippen LogP contribution in [0.5, 0.6) is 5.75 Å². The van der Waals surface area contributed by atoms with E-state index in [9.17, 15) is 4.79 Å². The van der Waals surface area contributed by atoms with Crippen molar-refractivity contribution in [3.63, 3.8) is 0 Å². The molecule has 0 heterocycles. The fourth-order valence-electron chi connectivity index (χ4n) is 4.42. The van der Waals surface area contributed by atoms with Crippen molar-refractivity contribution in [2.75, 3.05) is 6.61 Å². The molecule has 5 aromatic rings. The summed E-state index contributed by atoms with van der Waals surface area (Å²) >= 11 is 0. The molecule has 0 bridgehead atoms. The summed E-state index contributed by atoms with van der Waals surface area (Å²) in [6.07, 6.45) is 1.03. The van der Waals surface area contributed by atoms with Gasteiger partial charge in [0.25, 0.3) is 0 Å². The van der Waals surface area contributed by atoms with Gasteiger partial charge < -0.3 is 9.47 Å². The Labute approximate surface area is 257 Å². The topological polar surface area (TPSA) is 85.0 Å². The quantitative estimate of drug-likeness (QED) is 0.115. The monoisotopic (exact) mass is 582 g/mol. The largest absolute Gasteiger partial charge is 0.489 e. The van der Waals surface area contributed by atoms with Crippen LogP contribution in [0.25, 0.3) is 11.1 Å². The van der Waals surface area contributed by atoms with E-state index in [1.165, 1.54) is 5.56 Å². The highest BCUT2D eigenvalue weighted by Crippen LogP contribution is 2.29.